The molecule has 108 valence electrons. The third-order valence-corrected chi connectivity index (χ3v) is 4.27. The van der Waals surface area contributed by atoms with Crippen LogP contribution in [0, 0.1) is 0 Å². The molecule has 3 aromatic rings. The van der Waals surface area contributed by atoms with Crippen molar-refractivity contribution < 1.29 is 13.9 Å². The molecule has 0 spiro atoms. The number of fused-ring (bicyclic) bond motifs is 1. The molecule has 0 aliphatic carbocycles. The van der Waals surface area contributed by atoms with Crippen molar-refractivity contribution in [3.05, 3.63) is 41.3 Å². The molecular formula is C17H16O3S. The molecular weight excluding hydrogens is 284 g/mol. The quantitative estimate of drug-likeness (QED) is 0.466. The first kappa shape index (κ1) is 13.9. The number of rotatable bonds is 6. The Morgan fingerprint density at radius 2 is 2.14 bits per heavy atom. The van der Waals surface area contributed by atoms with Gasteiger partial charge in [-0.05, 0) is 42.8 Å². The Kier molecular flexibility index (Phi) is 4.06. The predicted molar refractivity (Wildman–Crippen MR) is 85.3 cm³/mol. The Labute approximate surface area is 127 Å². The average Bonchev–Trinajstić information content (AvgIpc) is 3.13. The van der Waals surface area contributed by atoms with E-state index in [9.17, 15) is 4.79 Å². The molecule has 0 aliphatic heterocycles. The number of carbonyl (C=O) groups excluding carboxylic acids is 1. The number of hydrogen-bond acceptors (Lipinski definition) is 4. The number of carbonyl (C=O) groups is 1. The van der Waals surface area contributed by atoms with E-state index in [1.165, 1.54) is 11.3 Å². The summed E-state index contributed by atoms with van der Waals surface area (Å²) in [6.45, 7) is 2.88. The summed E-state index contributed by atoms with van der Waals surface area (Å²) in [6, 6.07) is 11.5. The van der Waals surface area contributed by atoms with E-state index in [1.54, 1.807) is 6.07 Å². The fourth-order valence-corrected chi connectivity index (χ4v) is 2.89. The topological polar surface area (TPSA) is 39.4 Å². The summed E-state index contributed by atoms with van der Waals surface area (Å²) < 4.78 is 11.5. The number of benzene rings is 1. The number of furan rings is 1. The fraction of sp³-hybridized carbons (Fsp3) is 0.235. The standard InChI is InChI=1S/C17H16O3S/c1-2-3-8-19-13-4-6-15-12(9-13)10-16(20-15)17-7-5-14(11-18)21-17/h4-7,9-11H,2-3,8H2,1H3. The molecule has 0 atom stereocenters. The molecule has 0 bridgehead atoms. The van der Waals surface area contributed by atoms with Crippen molar-refractivity contribution in [3.8, 4) is 16.4 Å². The Morgan fingerprint density at radius 3 is 2.90 bits per heavy atom. The van der Waals surface area contributed by atoms with Gasteiger partial charge < -0.3 is 9.15 Å². The van der Waals surface area contributed by atoms with Crippen LogP contribution < -0.4 is 4.74 Å². The first-order valence-corrected chi connectivity index (χ1v) is 7.83. The van der Waals surface area contributed by atoms with Crippen LogP contribution in [0.15, 0.2) is 40.8 Å². The minimum Gasteiger partial charge on any atom is -0.494 e. The molecule has 1 aromatic carbocycles. The van der Waals surface area contributed by atoms with Crippen molar-refractivity contribution in [3.63, 3.8) is 0 Å². The normalized spacial score (nSPS) is 10.9. The smallest absolute Gasteiger partial charge is 0.160 e. The van der Waals surface area contributed by atoms with Crippen LogP contribution in [0.2, 0.25) is 0 Å². The third kappa shape index (κ3) is 3.00. The van der Waals surface area contributed by atoms with Gasteiger partial charge in [0.25, 0.3) is 0 Å². The summed E-state index contributed by atoms with van der Waals surface area (Å²) in [5.74, 6) is 1.65. The van der Waals surface area contributed by atoms with Crippen LogP contribution in [0.25, 0.3) is 21.6 Å². The maximum Gasteiger partial charge on any atom is 0.160 e. The lowest BCUT2D eigenvalue weighted by Gasteiger charge is -2.04. The van der Waals surface area contributed by atoms with Gasteiger partial charge in [0.15, 0.2) is 6.29 Å². The van der Waals surface area contributed by atoms with Crippen molar-refractivity contribution in [2.24, 2.45) is 0 Å². The number of ether oxygens (including phenoxy) is 1. The lowest BCUT2D eigenvalue weighted by atomic mass is 10.2. The zero-order valence-electron chi connectivity index (χ0n) is 11.8. The SMILES string of the molecule is CCCCOc1ccc2oc(-c3ccc(C=O)s3)cc2c1. The highest BCUT2D eigenvalue weighted by Crippen LogP contribution is 2.33. The molecule has 0 unspecified atom stereocenters. The summed E-state index contributed by atoms with van der Waals surface area (Å²) in [7, 11) is 0. The molecule has 0 radical (unpaired) electrons. The number of unbranched alkanes of at least 4 members (excludes halogenated alkanes) is 1. The minimum absolute atomic E-state index is 0.703. The number of hydrogen-bond donors (Lipinski definition) is 0. The zero-order valence-corrected chi connectivity index (χ0v) is 12.6. The van der Waals surface area contributed by atoms with Crippen molar-refractivity contribution in [2.75, 3.05) is 6.61 Å². The van der Waals surface area contributed by atoms with E-state index in [1.807, 2.05) is 30.3 Å². The fourth-order valence-electron chi connectivity index (χ4n) is 2.12. The largest absolute Gasteiger partial charge is 0.494 e. The lowest BCUT2D eigenvalue weighted by molar-refractivity contribution is 0.112. The molecule has 0 saturated carbocycles. The molecule has 21 heavy (non-hydrogen) atoms. The van der Waals surface area contributed by atoms with E-state index in [-0.39, 0.29) is 0 Å². The highest BCUT2D eigenvalue weighted by molar-refractivity contribution is 7.17. The van der Waals surface area contributed by atoms with Gasteiger partial charge in [0.2, 0.25) is 0 Å². The zero-order chi connectivity index (χ0) is 14.7. The molecule has 0 N–H and O–H groups in total. The van der Waals surface area contributed by atoms with Gasteiger partial charge in [0.05, 0.1) is 16.4 Å². The second kappa shape index (κ2) is 6.14. The summed E-state index contributed by atoms with van der Waals surface area (Å²) in [5.41, 5.74) is 0.828. The van der Waals surface area contributed by atoms with E-state index in [4.69, 9.17) is 9.15 Å². The van der Waals surface area contributed by atoms with Crippen LogP contribution in [0.1, 0.15) is 29.4 Å². The molecule has 2 aromatic heterocycles. The van der Waals surface area contributed by atoms with Crippen LogP contribution >= 0.6 is 11.3 Å². The monoisotopic (exact) mass is 300 g/mol. The Hall–Kier alpha value is -2.07. The average molecular weight is 300 g/mol. The summed E-state index contributed by atoms with van der Waals surface area (Å²) >= 11 is 1.43. The predicted octanol–water partition coefficient (Wildman–Crippen LogP) is 5.15. The van der Waals surface area contributed by atoms with E-state index in [0.29, 0.717) is 4.88 Å². The highest BCUT2D eigenvalue weighted by atomic mass is 32.1. The van der Waals surface area contributed by atoms with Crippen molar-refractivity contribution in [2.45, 2.75) is 19.8 Å². The molecule has 4 heteroatoms. The molecule has 0 saturated heterocycles. The van der Waals surface area contributed by atoms with Gasteiger partial charge in [-0.25, -0.2) is 0 Å². The Morgan fingerprint density at radius 1 is 1.24 bits per heavy atom. The van der Waals surface area contributed by atoms with Crippen molar-refractivity contribution >= 4 is 28.6 Å². The second-order valence-electron chi connectivity index (χ2n) is 4.83. The van der Waals surface area contributed by atoms with Gasteiger partial charge in [-0.2, -0.15) is 0 Å². The van der Waals surface area contributed by atoms with Gasteiger partial charge >= 0.3 is 0 Å². The summed E-state index contributed by atoms with van der Waals surface area (Å²) in [5, 5.41) is 1.01. The first-order chi connectivity index (χ1) is 10.3. The minimum atomic E-state index is 0.703. The Balaban J connectivity index is 1.87. The van der Waals surface area contributed by atoms with E-state index < -0.39 is 0 Å². The number of thiophene rings is 1. The lowest BCUT2D eigenvalue weighted by Crippen LogP contribution is -1.95. The van der Waals surface area contributed by atoms with Crippen LogP contribution in [0.4, 0.5) is 0 Å². The van der Waals surface area contributed by atoms with E-state index in [2.05, 4.69) is 6.92 Å². The van der Waals surface area contributed by atoms with E-state index >= 15 is 0 Å². The first-order valence-electron chi connectivity index (χ1n) is 7.02. The van der Waals surface area contributed by atoms with Crippen molar-refractivity contribution in [1.29, 1.82) is 0 Å². The maximum atomic E-state index is 10.8. The van der Waals surface area contributed by atoms with Gasteiger partial charge in [0, 0.05) is 5.39 Å². The van der Waals surface area contributed by atoms with Crippen LogP contribution in [0.3, 0.4) is 0 Å². The third-order valence-electron chi connectivity index (χ3n) is 3.24. The molecule has 3 nitrogen and oxygen atoms in total. The molecule has 0 aliphatic rings. The van der Waals surface area contributed by atoms with Crippen LogP contribution in [-0.2, 0) is 0 Å². The van der Waals surface area contributed by atoms with Crippen LogP contribution in [-0.4, -0.2) is 12.9 Å². The molecule has 0 fully saturated rings. The highest BCUT2D eigenvalue weighted by Gasteiger charge is 2.09. The summed E-state index contributed by atoms with van der Waals surface area (Å²) in [4.78, 5) is 12.4. The molecule has 0 amide bonds. The van der Waals surface area contributed by atoms with Crippen LogP contribution in [0.5, 0.6) is 5.75 Å². The maximum absolute atomic E-state index is 10.8. The number of aldehydes is 1. The second-order valence-corrected chi connectivity index (χ2v) is 5.95. The molecule has 3 rings (SSSR count). The van der Waals surface area contributed by atoms with Gasteiger partial charge in [-0.15, -0.1) is 11.3 Å². The summed E-state index contributed by atoms with van der Waals surface area (Å²) in [6.07, 6.45) is 3.03. The Bertz CT molecular complexity index is 754. The van der Waals surface area contributed by atoms with Crippen molar-refractivity contribution in [1.82, 2.24) is 0 Å². The van der Waals surface area contributed by atoms with E-state index in [0.717, 1.165) is 53.1 Å². The molecule has 2 heterocycles. The van der Waals surface area contributed by atoms with Gasteiger partial charge in [-0.3, -0.25) is 4.79 Å². The van der Waals surface area contributed by atoms with Gasteiger partial charge in [-0.1, -0.05) is 13.3 Å². The van der Waals surface area contributed by atoms with Gasteiger partial charge in [0.1, 0.15) is 17.1 Å².